The van der Waals surface area contributed by atoms with Crippen molar-refractivity contribution in [3.63, 3.8) is 0 Å². The van der Waals surface area contributed by atoms with Crippen LogP contribution in [0.3, 0.4) is 0 Å². The Hall–Kier alpha value is -3.14. The molecule has 0 aliphatic carbocycles. The SMILES string of the molecule is Cc1ccc(C)c(N=Cc2c(OCC(=O)O)ccc3ccccc23)c1. The monoisotopic (exact) mass is 333 g/mol. The number of benzene rings is 3. The maximum atomic E-state index is 10.9. The molecule has 0 bridgehead atoms. The number of hydrogen-bond acceptors (Lipinski definition) is 3. The predicted octanol–water partition coefficient (Wildman–Crippen LogP) is 4.67. The maximum absolute atomic E-state index is 10.9. The van der Waals surface area contributed by atoms with E-state index >= 15 is 0 Å². The van der Waals surface area contributed by atoms with Crippen LogP contribution in [0.5, 0.6) is 5.75 Å². The van der Waals surface area contributed by atoms with Gasteiger partial charge in [0.2, 0.25) is 0 Å². The topological polar surface area (TPSA) is 58.9 Å². The molecule has 0 amide bonds. The van der Waals surface area contributed by atoms with Gasteiger partial charge in [-0.3, -0.25) is 4.99 Å². The van der Waals surface area contributed by atoms with Crippen molar-refractivity contribution in [1.82, 2.24) is 0 Å². The third-order valence-electron chi connectivity index (χ3n) is 3.98. The summed E-state index contributed by atoms with van der Waals surface area (Å²) >= 11 is 0. The van der Waals surface area contributed by atoms with E-state index in [4.69, 9.17) is 9.84 Å². The zero-order chi connectivity index (χ0) is 17.8. The second kappa shape index (κ2) is 7.18. The number of carboxylic acid groups (broad SMARTS) is 1. The summed E-state index contributed by atoms with van der Waals surface area (Å²) in [4.78, 5) is 15.5. The average Bonchev–Trinajstić information content (AvgIpc) is 2.60. The van der Waals surface area contributed by atoms with Crippen LogP contribution in [0.2, 0.25) is 0 Å². The number of carbonyl (C=O) groups is 1. The van der Waals surface area contributed by atoms with E-state index in [-0.39, 0.29) is 6.61 Å². The first-order valence-corrected chi connectivity index (χ1v) is 8.02. The molecule has 4 heteroatoms. The highest BCUT2D eigenvalue weighted by molar-refractivity contribution is 6.03. The van der Waals surface area contributed by atoms with Crippen molar-refractivity contribution < 1.29 is 14.6 Å². The Bertz CT molecular complexity index is 961. The van der Waals surface area contributed by atoms with Gasteiger partial charge >= 0.3 is 5.97 Å². The maximum Gasteiger partial charge on any atom is 0.341 e. The summed E-state index contributed by atoms with van der Waals surface area (Å²) in [5, 5.41) is 10.9. The number of carboxylic acids is 1. The number of nitrogens with zero attached hydrogens (tertiary/aromatic N) is 1. The molecule has 3 rings (SSSR count). The van der Waals surface area contributed by atoms with E-state index in [0.717, 1.165) is 33.2 Å². The van der Waals surface area contributed by atoms with Gasteiger partial charge in [-0.1, -0.05) is 42.5 Å². The summed E-state index contributed by atoms with van der Waals surface area (Å²) in [5.41, 5.74) is 3.88. The van der Waals surface area contributed by atoms with Crippen molar-refractivity contribution in [3.8, 4) is 5.75 Å². The second-order valence-corrected chi connectivity index (χ2v) is 5.93. The lowest BCUT2D eigenvalue weighted by molar-refractivity contribution is -0.139. The van der Waals surface area contributed by atoms with Gasteiger partial charge in [0, 0.05) is 11.8 Å². The number of aryl methyl sites for hydroxylation is 2. The molecule has 3 aromatic carbocycles. The normalized spacial score (nSPS) is 11.1. The van der Waals surface area contributed by atoms with Gasteiger partial charge in [0.25, 0.3) is 0 Å². The number of rotatable bonds is 5. The third-order valence-corrected chi connectivity index (χ3v) is 3.98. The molecule has 3 aromatic rings. The zero-order valence-electron chi connectivity index (χ0n) is 14.2. The standard InChI is InChI=1S/C21H19NO3/c1-14-7-8-15(2)19(11-14)22-12-18-17-6-4-3-5-16(17)9-10-20(18)25-13-21(23)24/h3-12H,13H2,1-2H3,(H,23,24). The summed E-state index contributed by atoms with van der Waals surface area (Å²) in [6, 6.07) is 17.7. The summed E-state index contributed by atoms with van der Waals surface area (Å²) in [6.07, 6.45) is 1.75. The lowest BCUT2D eigenvalue weighted by atomic mass is 10.0. The number of hydrogen-bond donors (Lipinski definition) is 1. The van der Waals surface area contributed by atoms with Gasteiger partial charge in [0.05, 0.1) is 5.69 Å². The van der Waals surface area contributed by atoms with Crippen molar-refractivity contribution in [1.29, 1.82) is 0 Å². The van der Waals surface area contributed by atoms with E-state index in [1.165, 1.54) is 0 Å². The van der Waals surface area contributed by atoms with E-state index in [1.807, 2.05) is 62.4 Å². The van der Waals surface area contributed by atoms with Crippen LogP contribution in [-0.4, -0.2) is 23.9 Å². The highest BCUT2D eigenvalue weighted by Crippen LogP contribution is 2.28. The Labute approximate surface area is 146 Å². The number of aliphatic carboxylic acids is 1. The van der Waals surface area contributed by atoms with Gasteiger partial charge in [0.1, 0.15) is 5.75 Å². The first-order valence-electron chi connectivity index (χ1n) is 8.02. The molecule has 1 N–H and O–H groups in total. The quantitative estimate of drug-likeness (QED) is 0.690. The van der Waals surface area contributed by atoms with Crippen LogP contribution >= 0.6 is 0 Å². The summed E-state index contributed by atoms with van der Waals surface area (Å²) < 4.78 is 5.46. The fraction of sp³-hybridized carbons (Fsp3) is 0.143. The van der Waals surface area contributed by atoms with Gasteiger partial charge < -0.3 is 9.84 Å². The second-order valence-electron chi connectivity index (χ2n) is 5.93. The van der Waals surface area contributed by atoms with Crippen LogP contribution in [0.15, 0.2) is 59.6 Å². The largest absolute Gasteiger partial charge is 0.481 e. The van der Waals surface area contributed by atoms with E-state index < -0.39 is 5.97 Å². The molecule has 0 radical (unpaired) electrons. The van der Waals surface area contributed by atoms with Crippen LogP contribution < -0.4 is 4.74 Å². The van der Waals surface area contributed by atoms with Gasteiger partial charge in [0.15, 0.2) is 6.61 Å². The van der Waals surface area contributed by atoms with Crippen molar-refractivity contribution in [2.45, 2.75) is 13.8 Å². The van der Waals surface area contributed by atoms with Crippen molar-refractivity contribution in [2.24, 2.45) is 4.99 Å². The number of fused-ring (bicyclic) bond motifs is 1. The molecule has 25 heavy (non-hydrogen) atoms. The van der Waals surface area contributed by atoms with Gasteiger partial charge in [-0.25, -0.2) is 4.79 Å². The minimum Gasteiger partial charge on any atom is -0.481 e. The molecule has 4 nitrogen and oxygen atoms in total. The molecule has 0 aromatic heterocycles. The molecule has 0 spiro atoms. The summed E-state index contributed by atoms with van der Waals surface area (Å²) in [5.74, 6) is -0.499. The molecular weight excluding hydrogens is 314 g/mol. The smallest absolute Gasteiger partial charge is 0.341 e. The Balaban J connectivity index is 2.08. The highest BCUT2D eigenvalue weighted by Gasteiger charge is 2.09. The lowest BCUT2D eigenvalue weighted by Gasteiger charge is -2.10. The van der Waals surface area contributed by atoms with Crippen LogP contribution in [-0.2, 0) is 4.79 Å². The van der Waals surface area contributed by atoms with Crippen molar-refractivity contribution in [2.75, 3.05) is 6.61 Å². The fourth-order valence-electron chi connectivity index (χ4n) is 2.67. The molecule has 0 fully saturated rings. The lowest BCUT2D eigenvalue weighted by Crippen LogP contribution is -2.10. The molecule has 0 saturated carbocycles. The first-order chi connectivity index (χ1) is 12.0. The van der Waals surface area contributed by atoms with E-state index in [1.54, 1.807) is 12.3 Å². The van der Waals surface area contributed by atoms with Gasteiger partial charge in [-0.15, -0.1) is 0 Å². The first kappa shape index (κ1) is 16.7. The van der Waals surface area contributed by atoms with Gasteiger partial charge in [-0.2, -0.15) is 0 Å². The molecular formula is C21H19NO3. The Kier molecular flexibility index (Phi) is 4.80. The van der Waals surface area contributed by atoms with Crippen LogP contribution in [0.25, 0.3) is 10.8 Å². The Morgan fingerprint density at radius 1 is 1.12 bits per heavy atom. The Morgan fingerprint density at radius 2 is 1.92 bits per heavy atom. The molecule has 0 heterocycles. The zero-order valence-corrected chi connectivity index (χ0v) is 14.2. The fourth-order valence-corrected chi connectivity index (χ4v) is 2.67. The van der Waals surface area contributed by atoms with Crippen molar-refractivity contribution >= 4 is 28.6 Å². The molecule has 0 unspecified atom stereocenters. The molecule has 0 aliphatic rings. The van der Waals surface area contributed by atoms with Crippen LogP contribution in [0.4, 0.5) is 5.69 Å². The van der Waals surface area contributed by atoms with E-state index in [9.17, 15) is 4.79 Å². The summed E-state index contributed by atoms with van der Waals surface area (Å²) in [6.45, 7) is 3.65. The van der Waals surface area contributed by atoms with E-state index in [0.29, 0.717) is 5.75 Å². The third kappa shape index (κ3) is 3.86. The Morgan fingerprint density at radius 3 is 2.72 bits per heavy atom. The molecule has 126 valence electrons. The molecule has 0 aliphatic heterocycles. The van der Waals surface area contributed by atoms with Crippen LogP contribution in [0, 0.1) is 13.8 Å². The van der Waals surface area contributed by atoms with Crippen molar-refractivity contribution in [3.05, 3.63) is 71.3 Å². The summed E-state index contributed by atoms with van der Waals surface area (Å²) in [7, 11) is 0. The molecule has 0 atom stereocenters. The van der Waals surface area contributed by atoms with Gasteiger partial charge in [-0.05, 0) is 47.9 Å². The average molecular weight is 333 g/mol. The number of aliphatic imine (C=N–C) groups is 1. The predicted molar refractivity (Wildman–Crippen MR) is 100 cm³/mol. The minimum atomic E-state index is -1.01. The highest BCUT2D eigenvalue weighted by atomic mass is 16.5. The minimum absolute atomic E-state index is 0.386. The molecule has 0 saturated heterocycles. The number of ether oxygens (including phenoxy) is 1. The van der Waals surface area contributed by atoms with E-state index in [2.05, 4.69) is 4.99 Å². The van der Waals surface area contributed by atoms with Crippen LogP contribution in [0.1, 0.15) is 16.7 Å².